The molecule has 120 valence electrons. The minimum absolute atomic E-state index is 0.0137. The van der Waals surface area contributed by atoms with Crippen molar-refractivity contribution in [2.75, 3.05) is 18.5 Å². The number of rotatable bonds is 5. The summed E-state index contributed by atoms with van der Waals surface area (Å²) in [6, 6.07) is 2.20. The standard InChI is InChI=1S/C17H25N3O2/c21-17(20-14-5-2-1-3-6-14)13-9-15(11-18-10-13)19-12-16-7-4-8-22-16/h9-11,14,16,19H,1-8,12H2,(H,20,21). The van der Waals surface area contributed by atoms with E-state index < -0.39 is 0 Å². The van der Waals surface area contributed by atoms with Crippen LogP contribution in [0, 0.1) is 0 Å². The fourth-order valence-corrected chi connectivity index (χ4v) is 3.21. The number of hydrogen-bond acceptors (Lipinski definition) is 4. The van der Waals surface area contributed by atoms with Gasteiger partial charge in [0.15, 0.2) is 0 Å². The third-order valence-corrected chi connectivity index (χ3v) is 4.50. The molecule has 2 aliphatic rings. The third kappa shape index (κ3) is 4.19. The summed E-state index contributed by atoms with van der Waals surface area (Å²) in [5.74, 6) is -0.0137. The van der Waals surface area contributed by atoms with Crippen LogP contribution in [0.1, 0.15) is 55.3 Å². The third-order valence-electron chi connectivity index (χ3n) is 4.50. The zero-order valence-corrected chi connectivity index (χ0v) is 13.0. The van der Waals surface area contributed by atoms with Gasteiger partial charge >= 0.3 is 0 Å². The highest BCUT2D eigenvalue weighted by Crippen LogP contribution is 2.18. The van der Waals surface area contributed by atoms with Crippen molar-refractivity contribution in [3.05, 3.63) is 24.0 Å². The predicted octanol–water partition coefficient (Wildman–Crippen LogP) is 2.74. The van der Waals surface area contributed by atoms with Crippen LogP contribution < -0.4 is 10.6 Å². The van der Waals surface area contributed by atoms with Gasteiger partial charge < -0.3 is 15.4 Å². The molecule has 2 N–H and O–H groups in total. The molecule has 0 bridgehead atoms. The molecule has 1 saturated heterocycles. The first kappa shape index (κ1) is 15.3. The first-order valence-corrected chi connectivity index (χ1v) is 8.42. The zero-order chi connectivity index (χ0) is 15.2. The molecule has 2 heterocycles. The molecule has 5 nitrogen and oxygen atoms in total. The molecular weight excluding hydrogens is 278 g/mol. The maximum Gasteiger partial charge on any atom is 0.253 e. The molecule has 1 amide bonds. The average Bonchev–Trinajstić information content (AvgIpc) is 3.08. The van der Waals surface area contributed by atoms with Gasteiger partial charge in [0, 0.05) is 31.6 Å². The highest BCUT2D eigenvalue weighted by atomic mass is 16.5. The van der Waals surface area contributed by atoms with Crippen molar-refractivity contribution in [3.8, 4) is 0 Å². The van der Waals surface area contributed by atoms with Gasteiger partial charge in [-0.05, 0) is 31.7 Å². The van der Waals surface area contributed by atoms with Crippen LogP contribution in [0.5, 0.6) is 0 Å². The number of anilines is 1. The average molecular weight is 303 g/mol. The van der Waals surface area contributed by atoms with Gasteiger partial charge in [0.1, 0.15) is 0 Å². The van der Waals surface area contributed by atoms with E-state index in [2.05, 4.69) is 15.6 Å². The molecule has 0 aromatic carbocycles. The van der Waals surface area contributed by atoms with E-state index in [0.717, 1.165) is 44.5 Å². The highest BCUT2D eigenvalue weighted by Gasteiger charge is 2.18. The number of pyridine rings is 1. The number of carbonyl (C=O) groups excluding carboxylic acids is 1. The Labute approximate surface area is 131 Å². The van der Waals surface area contributed by atoms with Gasteiger partial charge in [-0.25, -0.2) is 0 Å². The van der Waals surface area contributed by atoms with Gasteiger partial charge in [0.25, 0.3) is 5.91 Å². The minimum atomic E-state index is -0.0137. The van der Waals surface area contributed by atoms with Crippen LogP contribution in [0.3, 0.4) is 0 Å². The zero-order valence-electron chi connectivity index (χ0n) is 13.0. The lowest BCUT2D eigenvalue weighted by atomic mass is 9.95. The maximum absolute atomic E-state index is 12.3. The summed E-state index contributed by atoms with van der Waals surface area (Å²) in [5, 5.41) is 6.45. The van der Waals surface area contributed by atoms with Crippen LogP contribution in [-0.4, -0.2) is 36.2 Å². The van der Waals surface area contributed by atoms with Crippen molar-refractivity contribution in [2.45, 2.75) is 57.1 Å². The second-order valence-corrected chi connectivity index (χ2v) is 6.29. The molecule has 5 heteroatoms. The lowest BCUT2D eigenvalue weighted by molar-refractivity contribution is 0.0927. The van der Waals surface area contributed by atoms with Crippen molar-refractivity contribution in [1.29, 1.82) is 0 Å². The van der Waals surface area contributed by atoms with Gasteiger partial charge in [-0.2, -0.15) is 0 Å². The fourth-order valence-electron chi connectivity index (χ4n) is 3.21. The summed E-state index contributed by atoms with van der Waals surface area (Å²) in [7, 11) is 0. The highest BCUT2D eigenvalue weighted by molar-refractivity contribution is 5.94. The quantitative estimate of drug-likeness (QED) is 0.878. The Kier molecular flexibility index (Phi) is 5.27. The molecule has 22 heavy (non-hydrogen) atoms. The Bertz CT molecular complexity index is 494. The summed E-state index contributed by atoms with van der Waals surface area (Å²) >= 11 is 0. The van der Waals surface area contributed by atoms with E-state index in [4.69, 9.17) is 4.74 Å². The number of amides is 1. The number of ether oxygens (including phenoxy) is 1. The Balaban J connectivity index is 1.53. The second kappa shape index (κ2) is 7.58. The molecule has 1 aromatic rings. The van der Waals surface area contributed by atoms with E-state index in [9.17, 15) is 4.79 Å². The first-order chi connectivity index (χ1) is 10.8. The van der Waals surface area contributed by atoms with Gasteiger partial charge in [0.05, 0.1) is 17.4 Å². The molecule has 1 aliphatic heterocycles. The lowest BCUT2D eigenvalue weighted by Gasteiger charge is -2.22. The van der Waals surface area contributed by atoms with E-state index in [0.29, 0.717) is 11.6 Å². The van der Waals surface area contributed by atoms with Crippen molar-refractivity contribution in [3.63, 3.8) is 0 Å². The van der Waals surface area contributed by atoms with Crippen LogP contribution in [0.25, 0.3) is 0 Å². The predicted molar refractivity (Wildman–Crippen MR) is 86.0 cm³/mol. The summed E-state index contributed by atoms with van der Waals surface area (Å²) in [4.78, 5) is 16.5. The molecule has 3 rings (SSSR count). The normalized spacial score (nSPS) is 22.5. The van der Waals surface area contributed by atoms with Crippen LogP contribution in [0.2, 0.25) is 0 Å². The van der Waals surface area contributed by atoms with Crippen molar-refractivity contribution >= 4 is 11.6 Å². The molecule has 1 aromatic heterocycles. The minimum Gasteiger partial charge on any atom is -0.381 e. The van der Waals surface area contributed by atoms with Gasteiger partial charge in [-0.1, -0.05) is 19.3 Å². The van der Waals surface area contributed by atoms with E-state index in [1.165, 1.54) is 19.3 Å². The summed E-state index contributed by atoms with van der Waals surface area (Å²) < 4.78 is 5.59. The summed E-state index contributed by atoms with van der Waals surface area (Å²) in [6.45, 7) is 1.63. The molecule has 1 aliphatic carbocycles. The van der Waals surface area contributed by atoms with Gasteiger partial charge in [0.2, 0.25) is 0 Å². The first-order valence-electron chi connectivity index (χ1n) is 8.42. The largest absolute Gasteiger partial charge is 0.381 e. The number of aromatic nitrogens is 1. The molecule has 1 atom stereocenters. The van der Waals surface area contributed by atoms with Crippen LogP contribution in [0.4, 0.5) is 5.69 Å². The van der Waals surface area contributed by atoms with E-state index >= 15 is 0 Å². The second-order valence-electron chi connectivity index (χ2n) is 6.29. The lowest BCUT2D eigenvalue weighted by Crippen LogP contribution is -2.36. The van der Waals surface area contributed by atoms with Crippen molar-refractivity contribution < 1.29 is 9.53 Å². The number of nitrogens with one attached hydrogen (secondary N) is 2. The van der Waals surface area contributed by atoms with Gasteiger partial charge in [-0.15, -0.1) is 0 Å². The van der Waals surface area contributed by atoms with Crippen LogP contribution >= 0.6 is 0 Å². The monoisotopic (exact) mass is 303 g/mol. The molecule has 1 saturated carbocycles. The van der Waals surface area contributed by atoms with Crippen LogP contribution in [0.15, 0.2) is 18.5 Å². The van der Waals surface area contributed by atoms with E-state index in [1.54, 1.807) is 12.4 Å². The molecule has 2 fully saturated rings. The Morgan fingerprint density at radius 1 is 1.18 bits per heavy atom. The summed E-state index contributed by atoms with van der Waals surface area (Å²) in [6.07, 6.45) is 11.8. The van der Waals surface area contributed by atoms with Crippen molar-refractivity contribution in [1.82, 2.24) is 10.3 Å². The Morgan fingerprint density at radius 3 is 2.82 bits per heavy atom. The van der Waals surface area contributed by atoms with E-state index in [-0.39, 0.29) is 12.0 Å². The molecule has 1 unspecified atom stereocenters. The van der Waals surface area contributed by atoms with E-state index in [1.807, 2.05) is 6.07 Å². The van der Waals surface area contributed by atoms with Crippen molar-refractivity contribution in [2.24, 2.45) is 0 Å². The van der Waals surface area contributed by atoms with Crippen LogP contribution in [-0.2, 0) is 4.74 Å². The maximum atomic E-state index is 12.3. The molecule has 0 spiro atoms. The smallest absolute Gasteiger partial charge is 0.253 e. The SMILES string of the molecule is O=C(NC1CCCCC1)c1cncc(NCC2CCCO2)c1. The topological polar surface area (TPSA) is 63.2 Å². The number of hydrogen-bond donors (Lipinski definition) is 2. The Morgan fingerprint density at radius 2 is 2.05 bits per heavy atom. The fraction of sp³-hybridized carbons (Fsp3) is 0.647. The number of carbonyl (C=O) groups is 1. The van der Waals surface area contributed by atoms with Gasteiger partial charge in [-0.3, -0.25) is 9.78 Å². The summed E-state index contributed by atoms with van der Waals surface area (Å²) in [5.41, 5.74) is 1.51. The number of nitrogens with zero attached hydrogens (tertiary/aromatic N) is 1. The molecular formula is C17H25N3O2. The Hall–Kier alpha value is -1.62. The molecule has 0 radical (unpaired) electrons.